The fraction of sp³-hybridized carbons (Fsp3) is 0.462. The molecule has 0 radical (unpaired) electrons. The van der Waals surface area contributed by atoms with Crippen molar-refractivity contribution < 1.29 is 8.42 Å². The largest absolute Gasteiger partial charge is 0.355 e. The number of guanidine groups is 1. The minimum atomic E-state index is -2.95. The molecule has 1 heterocycles. The molecule has 0 amide bonds. The number of nitrogens with one attached hydrogen (secondary N) is 1. The van der Waals surface area contributed by atoms with Gasteiger partial charge in [-0.3, -0.25) is 4.99 Å². The standard InChI is InChI=1S/C13H19N3O2S.HI/c1-14-13(15-8-10-19(2,17)18)16-9-7-11-5-3-4-6-12(11)16;/h3-6H,7-10H2,1-2H3,(H,14,15);1H. The molecule has 0 bridgehead atoms. The lowest BCUT2D eigenvalue weighted by atomic mass is 10.2. The summed E-state index contributed by atoms with van der Waals surface area (Å²) in [5, 5.41) is 3.11. The van der Waals surface area contributed by atoms with Crippen LogP contribution in [0.5, 0.6) is 0 Å². The Morgan fingerprint density at radius 3 is 2.75 bits per heavy atom. The number of nitrogens with zero attached hydrogens (tertiary/aromatic N) is 2. The quantitative estimate of drug-likeness (QED) is 0.465. The second kappa shape index (κ2) is 7.26. The third kappa shape index (κ3) is 4.34. The molecule has 5 nitrogen and oxygen atoms in total. The molecule has 1 N–H and O–H groups in total. The number of rotatable bonds is 3. The summed E-state index contributed by atoms with van der Waals surface area (Å²) >= 11 is 0. The van der Waals surface area contributed by atoms with Crippen LogP contribution in [0.15, 0.2) is 29.3 Å². The molecule has 0 fully saturated rings. The highest BCUT2D eigenvalue weighted by atomic mass is 127. The highest BCUT2D eigenvalue weighted by Gasteiger charge is 2.22. The van der Waals surface area contributed by atoms with Gasteiger partial charge in [-0.05, 0) is 18.1 Å². The third-order valence-electron chi connectivity index (χ3n) is 3.11. The highest BCUT2D eigenvalue weighted by Crippen LogP contribution is 2.27. The Morgan fingerprint density at radius 2 is 2.10 bits per heavy atom. The van der Waals surface area contributed by atoms with E-state index in [0.29, 0.717) is 6.54 Å². The molecule has 0 aliphatic carbocycles. The Hall–Kier alpha value is -0.830. The average molecular weight is 409 g/mol. The Labute approximate surface area is 137 Å². The van der Waals surface area contributed by atoms with E-state index in [9.17, 15) is 8.42 Å². The molecule has 7 heteroatoms. The lowest BCUT2D eigenvalue weighted by Crippen LogP contribution is -2.42. The summed E-state index contributed by atoms with van der Waals surface area (Å²) in [5.41, 5.74) is 2.45. The summed E-state index contributed by atoms with van der Waals surface area (Å²) in [6.45, 7) is 1.25. The third-order valence-corrected chi connectivity index (χ3v) is 4.06. The maximum absolute atomic E-state index is 11.1. The van der Waals surface area contributed by atoms with E-state index in [1.807, 2.05) is 12.1 Å². The zero-order chi connectivity index (χ0) is 13.9. The zero-order valence-electron chi connectivity index (χ0n) is 11.7. The SMILES string of the molecule is CN=C(NCCS(C)(=O)=O)N1CCc2ccccc21.I. The van der Waals surface area contributed by atoms with E-state index in [-0.39, 0.29) is 29.7 Å². The molecule has 1 aliphatic rings. The first kappa shape index (κ1) is 17.2. The highest BCUT2D eigenvalue weighted by molar-refractivity contribution is 14.0. The van der Waals surface area contributed by atoms with Crippen LogP contribution in [-0.4, -0.2) is 46.5 Å². The molecule has 1 aliphatic heterocycles. The van der Waals surface area contributed by atoms with Gasteiger partial charge in [-0.25, -0.2) is 8.42 Å². The van der Waals surface area contributed by atoms with Crippen LogP contribution < -0.4 is 10.2 Å². The molecule has 0 aromatic heterocycles. The van der Waals surface area contributed by atoms with Gasteiger partial charge >= 0.3 is 0 Å². The molecular formula is C13H20IN3O2S. The lowest BCUT2D eigenvalue weighted by molar-refractivity contribution is 0.600. The number of para-hydroxylation sites is 1. The minimum Gasteiger partial charge on any atom is -0.355 e. The number of fused-ring (bicyclic) bond motifs is 1. The summed E-state index contributed by atoms with van der Waals surface area (Å²) in [5.74, 6) is 0.843. The molecule has 0 atom stereocenters. The number of anilines is 1. The molecule has 0 saturated heterocycles. The van der Waals surface area contributed by atoms with Crippen LogP contribution in [0.4, 0.5) is 5.69 Å². The molecule has 20 heavy (non-hydrogen) atoms. The van der Waals surface area contributed by atoms with Crippen molar-refractivity contribution >= 4 is 45.5 Å². The van der Waals surface area contributed by atoms with Gasteiger partial charge in [-0.15, -0.1) is 24.0 Å². The molecular weight excluding hydrogens is 389 g/mol. The number of halogens is 1. The lowest BCUT2D eigenvalue weighted by Gasteiger charge is -2.22. The van der Waals surface area contributed by atoms with Crippen molar-refractivity contribution in [2.24, 2.45) is 4.99 Å². The topological polar surface area (TPSA) is 61.8 Å². The summed E-state index contributed by atoms with van der Waals surface area (Å²) in [4.78, 5) is 6.32. The van der Waals surface area contributed by atoms with Crippen LogP contribution in [0.1, 0.15) is 5.56 Å². The van der Waals surface area contributed by atoms with Gasteiger partial charge in [0.05, 0.1) is 5.75 Å². The zero-order valence-corrected chi connectivity index (χ0v) is 14.8. The molecule has 2 rings (SSSR count). The van der Waals surface area contributed by atoms with E-state index in [0.717, 1.165) is 24.6 Å². The van der Waals surface area contributed by atoms with E-state index in [4.69, 9.17) is 0 Å². The van der Waals surface area contributed by atoms with Gasteiger partial charge in [-0.2, -0.15) is 0 Å². The van der Waals surface area contributed by atoms with Crippen LogP contribution >= 0.6 is 24.0 Å². The molecule has 112 valence electrons. The van der Waals surface area contributed by atoms with Gasteiger partial charge in [0.25, 0.3) is 0 Å². The summed E-state index contributed by atoms with van der Waals surface area (Å²) in [7, 11) is -1.24. The van der Waals surface area contributed by atoms with Gasteiger partial charge in [0.2, 0.25) is 0 Å². The van der Waals surface area contributed by atoms with Gasteiger partial charge in [0, 0.05) is 32.1 Å². The minimum absolute atomic E-state index is 0. The number of aliphatic imine (C=N–C) groups is 1. The van der Waals surface area contributed by atoms with Crippen molar-refractivity contribution in [3.8, 4) is 0 Å². The van der Waals surface area contributed by atoms with Crippen molar-refractivity contribution in [1.29, 1.82) is 0 Å². The van der Waals surface area contributed by atoms with E-state index < -0.39 is 9.84 Å². The van der Waals surface area contributed by atoms with Crippen LogP contribution in [0.2, 0.25) is 0 Å². The van der Waals surface area contributed by atoms with Crippen molar-refractivity contribution in [2.45, 2.75) is 6.42 Å². The van der Waals surface area contributed by atoms with Gasteiger partial charge < -0.3 is 10.2 Å². The number of hydrogen-bond donors (Lipinski definition) is 1. The van der Waals surface area contributed by atoms with Crippen molar-refractivity contribution in [3.05, 3.63) is 29.8 Å². The van der Waals surface area contributed by atoms with Crippen LogP contribution in [0.3, 0.4) is 0 Å². The van der Waals surface area contributed by atoms with Gasteiger partial charge in [0.1, 0.15) is 9.84 Å². The second-order valence-corrected chi connectivity index (χ2v) is 6.89. The Balaban J connectivity index is 0.00000200. The van der Waals surface area contributed by atoms with Crippen molar-refractivity contribution in [1.82, 2.24) is 5.32 Å². The molecule has 0 spiro atoms. The first-order valence-electron chi connectivity index (χ1n) is 6.25. The number of benzene rings is 1. The monoisotopic (exact) mass is 409 g/mol. The van der Waals surface area contributed by atoms with E-state index in [1.165, 1.54) is 11.8 Å². The van der Waals surface area contributed by atoms with Crippen LogP contribution in [0.25, 0.3) is 0 Å². The Kier molecular flexibility index (Phi) is 6.25. The van der Waals surface area contributed by atoms with Crippen LogP contribution in [0, 0.1) is 0 Å². The molecule has 0 unspecified atom stereocenters. The van der Waals surface area contributed by atoms with Crippen molar-refractivity contribution in [2.75, 3.05) is 37.0 Å². The molecule has 1 aromatic carbocycles. The predicted molar refractivity (Wildman–Crippen MR) is 94.0 cm³/mol. The molecule has 1 aromatic rings. The van der Waals surface area contributed by atoms with Gasteiger partial charge in [-0.1, -0.05) is 18.2 Å². The maximum atomic E-state index is 11.1. The van der Waals surface area contributed by atoms with Crippen molar-refractivity contribution in [3.63, 3.8) is 0 Å². The normalized spacial score (nSPS) is 14.7. The Morgan fingerprint density at radius 1 is 1.40 bits per heavy atom. The maximum Gasteiger partial charge on any atom is 0.198 e. The predicted octanol–water partition coefficient (Wildman–Crippen LogP) is 1.29. The summed E-state index contributed by atoms with van der Waals surface area (Å²) in [6.07, 6.45) is 2.23. The molecule has 0 saturated carbocycles. The van der Waals surface area contributed by atoms with E-state index in [2.05, 4.69) is 27.3 Å². The fourth-order valence-electron chi connectivity index (χ4n) is 2.20. The second-order valence-electron chi connectivity index (χ2n) is 4.63. The first-order valence-corrected chi connectivity index (χ1v) is 8.31. The number of hydrogen-bond acceptors (Lipinski definition) is 3. The van der Waals surface area contributed by atoms with E-state index in [1.54, 1.807) is 7.05 Å². The number of sulfone groups is 1. The fourth-order valence-corrected chi connectivity index (χ4v) is 2.67. The summed E-state index contributed by atoms with van der Waals surface area (Å²) in [6, 6.07) is 8.20. The smallest absolute Gasteiger partial charge is 0.198 e. The van der Waals surface area contributed by atoms with Gasteiger partial charge in [0.15, 0.2) is 5.96 Å². The van der Waals surface area contributed by atoms with E-state index >= 15 is 0 Å². The summed E-state index contributed by atoms with van der Waals surface area (Å²) < 4.78 is 22.3. The average Bonchev–Trinajstić information content (AvgIpc) is 2.77. The Bertz CT molecular complexity index is 587. The first-order chi connectivity index (χ1) is 9.01. The van der Waals surface area contributed by atoms with Crippen LogP contribution in [-0.2, 0) is 16.3 Å².